The van der Waals surface area contributed by atoms with Crippen molar-refractivity contribution in [2.45, 2.75) is 40.0 Å². The summed E-state index contributed by atoms with van der Waals surface area (Å²) >= 11 is 0. The maximum Gasteiger partial charge on any atom is 0.242 e. The average molecular weight is 396 g/mol. The first-order valence-electron chi connectivity index (χ1n) is 9.80. The van der Waals surface area contributed by atoms with Crippen molar-refractivity contribution in [3.8, 4) is 5.75 Å². The second-order valence-corrected chi connectivity index (χ2v) is 5.75. The lowest BCUT2D eigenvalue weighted by Gasteiger charge is -2.09. The van der Waals surface area contributed by atoms with Gasteiger partial charge in [0.1, 0.15) is 17.3 Å². The van der Waals surface area contributed by atoms with Gasteiger partial charge >= 0.3 is 0 Å². The highest BCUT2D eigenvalue weighted by Gasteiger charge is 2.09. The molecule has 0 aromatic heterocycles. The Bertz CT molecular complexity index is 813. The average Bonchev–Trinajstić information content (AvgIpc) is 3.12. The summed E-state index contributed by atoms with van der Waals surface area (Å²) in [5.41, 5.74) is 7.15. The number of para-hydroxylation sites is 1. The summed E-state index contributed by atoms with van der Waals surface area (Å²) < 4.78 is 17.9. The highest BCUT2D eigenvalue weighted by atomic mass is 19.1. The van der Waals surface area contributed by atoms with E-state index >= 15 is 0 Å². The van der Waals surface area contributed by atoms with E-state index in [4.69, 9.17) is 10.5 Å². The molecule has 4 nitrogen and oxygen atoms in total. The van der Waals surface area contributed by atoms with Crippen LogP contribution in [0, 0.1) is 0 Å². The molecule has 154 valence electrons. The third-order valence-corrected chi connectivity index (χ3v) is 3.57. The van der Waals surface area contributed by atoms with Crippen molar-refractivity contribution in [1.82, 2.24) is 0 Å². The summed E-state index contributed by atoms with van der Waals surface area (Å²) in [6.45, 7) is 5.95. The van der Waals surface area contributed by atoms with Crippen molar-refractivity contribution in [3.05, 3.63) is 90.3 Å². The van der Waals surface area contributed by atoms with Crippen molar-refractivity contribution >= 4 is 12.1 Å². The fourth-order valence-electron chi connectivity index (χ4n) is 2.32. The Labute approximate surface area is 173 Å². The number of nitrogens with two attached hydrogens (primary N) is 1. The predicted molar refractivity (Wildman–Crippen MR) is 122 cm³/mol. The Balaban J connectivity index is 0.000000351. The lowest BCUT2D eigenvalue weighted by atomic mass is 10.2. The van der Waals surface area contributed by atoms with Crippen LogP contribution in [0.1, 0.15) is 40.0 Å². The number of aliphatic imine (C=N–C) groups is 2. The Hall–Kier alpha value is -3.21. The molecule has 1 aromatic carbocycles. The zero-order valence-electron chi connectivity index (χ0n) is 17.4. The summed E-state index contributed by atoms with van der Waals surface area (Å²) in [6.07, 6.45) is 16.2. The van der Waals surface area contributed by atoms with Gasteiger partial charge in [-0.05, 0) is 56.5 Å². The SMILES string of the molecule is CC.CC1=N/C(=C(/N=C\N)Oc2ccccc2)CCC=C1.FC1=CCC=CC=C1. The van der Waals surface area contributed by atoms with E-state index in [0.29, 0.717) is 12.3 Å². The molecule has 29 heavy (non-hydrogen) atoms. The second kappa shape index (κ2) is 14.8. The monoisotopic (exact) mass is 395 g/mol. The molecule has 0 atom stereocenters. The van der Waals surface area contributed by atoms with Gasteiger partial charge in [-0.3, -0.25) is 4.99 Å². The van der Waals surface area contributed by atoms with Gasteiger partial charge in [0.25, 0.3) is 0 Å². The molecule has 1 aliphatic heterocycles. The number of hydrogen-bond acceptors (Lipinski definition) is 3. The molecule has 0 bridgehead atoms. The number of rotatable bonds is 3. The molecule has 0 unspecified atom stereocenters. The third-order valence-electron chi connectivity index (χ3n) is 3.57. The van der Waals surface area contributed by atoms with Gasteiger partial charge < -0.3 is 10.5 Å². The van der Waals surface area contributed by atoms with E-state index in [0.717, 1.165) is 30.0 Å². The minimum absolute atomic E-state index is 0.144. The summed E-state index contributed by atoms with van der Waals surface area (Å²) in [5, 5.41) is 0. The van der Waals surface area contributed by atoms with E-state index in [-0.39, 0.29) is 5.83 Å². The Morgan fingerprint density at radius 3 is 2.62 bits per heavy atom. The standard InChI is InChI=1S/C15H17N3O.C7H7F.C2H6/c1-12-7-5-6-10-14(18-12)15(17-11-16)19-13-8-3-2-4-9-13;8-7-5-3-1-2-4-6-7;1-2/h2-5,7-9,11H,6,10H2,1H3,(H2,16,17);1-3,5-6H,4H2;1-2H3/b15-14-;;. The predicted octanol–water partition coefficient (Wildman–Crippen LogP) is 6.41. The normalized spacial score (nSPS) is 17.0. The molecular formula is C24H30FN3O. The molecule has 1 aromatic rings. The number of nitrogens with zero attached hydrogens (tertiary/aromatic N) is 2. The van der Waals surface area contributed by atoms with Crippen LogP contribution >= 0.6 is 0 Å². The maximum absolute atomic E-state index is 12.2. The van der Waals surface area contributed by atoms with Crippen LogP contribution in [0.25, 0.3) is 0 Å². The molecule has 0 saturated heterocycles. The van der Waals surface area contributed by atoms with Gasteiger partial charge in [0.05, 0.1) is 6.34 Å². The van der Waals surface area contributed by atoms with Gasteiger partial charge in [0.2, 0.25) is 5.88 Å². The smallest absolute Gasteiger partial charge is 0.242 e. The van der Waals surface area contributed by atoms with Crippen LogP contribution in [0.3, 0.4) is 0 Å². The highest BCUT2D eigenvalue weighted by Crippen LogP contribution is 2.21. The van der Waals surface area contributed by atoms with Crippen LogP contribution in [0.15, 0.2) is 100 Å². The van der Waals surface area contributed by atoms with E-state index < -0.39 is 0 Å². The summed E-state index contributed by atoms with van der Waals surface area (Å²) in [6, 6.07) is 9.50. The highest BCUT2D eigenvalue weighted by molar-refractivity contribution is 5.93. The molecule has 1 heterocycles. The maximum atomic E-state index is 12.2. The molecule has 2 aliphatic rings. The fraction of sp³-hybridized carbons (Fsp3) is 0.250. The van der Waals surface area contributed by atoms with Crippen LogP contribution in [-0.2, 0) is 0 Å². The van der Waals surface area contributed by atoms with Crippen molar-refractivity contribution in [1.29, 1.82) is 0 Å². The van der Waals surface area contributed by atoms with Gasteiger partial charge in [-0.1, -0.05) is 56.4 Å². The number of halogens is 1. The van der Waals surface area contributed by atoms with Crippen molar-refractivity contribution < 1.29 is 9.13 Å². The van der Waals surface area contributed by atoms with Gasteiger partial charge in [-0.25, -0.2) is 9.38 Å². The van der Waals surface area contributed by atoms with E-state index in [2.05, 4.69) is 16.1 Å². The van der Waals surface area contributed by atoms with E-state index in [1.807, 2.05) is 69.3 Å². The van der Waals surface area contributed by atoms with Gasteiger partial charge in [-0.15, -0.1) is 0 Å². The molecule has 0 spiro atoms. The molecule has 0 amide bonds. The largest absolute Gasteiger partial charge is 0.437 e. The minimum atomic E-state index is -0.144. The van der Waals surface area contributed by atoms with E-state index in [1.54, 1.807) is 12.2 Å². The van der Waals surface area contributed by atoms with Crippen LogP contribution in [0.4, 0.5) is 4.39 Å². The molecule has 0 radical (unpaired) electrons. The molecule has 0 saturated carbocycles. The van der Waals surface area contributed by atoms with Crippen LogP contribution in [0.2, 0.25) is 0 Å². The Morgan fingerprint density at radius 2 is 1.90 bits per heavy atom. The van der Waals surface area contributed by atoms with E-state index in [9.17, 15) is 4.39 Å². The van der Waals surface area contributed by atoms with E-state index in [1.165, 1.54) is 12.4 Å². The van der Waals surface area contributed by atoms with Crippen molar-refractivity contribution in [2.75, 3.05) is 0 Å². The van der Waals surface area contributed by atoms with Crippen molar-refractivity contribution in [3.63, 3.8) is 0 Å². The molecule has 0 fully saturated rings. The fourth-order valence-corrected chi connectivity index (χ4v) is 2.32. The van der Waals surface area contributed by atoms with Crippen LogP contribution in [-0.4, -0.2) is 12.1 Å². The minimum Gasteiger partial charge on any atom is -0.437 e. The first-order valence-corrected chi connectivity index (χ1v) is 9.80. The number of benzene rings is 1. The molecule has 2 N–H and O–H groups in total. The lowest BCUT2D eigenvalue weighted by molar-refractivity contribution is 0.411. The zero-order chi connectivity index (χ0) is 21.3. The van der Waals surface area contributed by atoms with Gasteiger partial charge in [0.15, 0.2) is 0 Å². The van der Waals surface area contributed by atoms with Gasteiger partial charge in [0, 0.05) is 5.71 Å². The summed E-state index contributed by atoms with van der Waals surface area (Å²) in [4.78, 5) is 8.60. The molecule has 3 rings (SSSR count). The van der Waals surface area contributed by atoms with Gasteiger partial charge in [-0.2, -0.15) is 0 Å². The zero-order valence-corrected chi connectivity index (χ0v) is 17.4. The lowest BCUT2D eigenvalue weighted by Crippen LogP contribution is -2.01. The summed E-state index contributed by atoms with van der Waals surface area (Å²) in [7, 11) is 0. The Kier molecular flexibility index (Phi) is 12.2. The quantitative estimate of drug-likeness (QED) is 0.365. The van der Waals surface area contributed by atoms with Crippen LogP contribution in [0.5, 0.6) is 5.75 Å². The van der Waals surface area contributed by atoms with Crippen LogP contribution < -0.4 is 10.5 Å². The molecule has 5 heteroatoms. The third kappa shape index (κ3) is 10.1. The number of ether oxygens (including phenoxy) is 1. The number of hydrogen-bond donors (Lipinski definition) is 1. The second-order valence-electron chi connectivity index (χ2n) is 5.75. The van der Waals surface area contributed by atoms with Crippen molar-refractivity contribution in [2.24, 2.45) is 15.7 Å². The summed E-state index contributed by atoms with van der Waals surface area (Å²) in [5.74, 6) is 1.03. The first-order chi connectivity index (χ1) is 14.2. The first kappa shape index (κ1) is 23.8. The molecule has 1 aliphatic carbocycles. The Morgan fingerprint density at radius 1 is 1.14 bits per heavy atom. The topological polar surface area (TPSA) is 60.0 Å². The molecular weight excluding hydrogens is 365 g/mol. The number of allylic oxidation sites excluding steroid dienone is 9.